The van der Waals surface area contributed by atoms with Crippen LogP contribution in [0.4, 0.5) is 4.39 Å². The van der Waals surface area contributed by atoms with Crippen LogP contribution in [0.2, 0.25) is 5.02 Å². The van der Waals surface area contributed by atoms with Crippen molar-refractivity contribution in [1.82, 2.24) is 10.3 Å². The molecule has 0 aliphatic heterocycles. The van der Waals surface area contributed by atoms with Gasteiger partial charge >= 0.3 is 0 Å². The van der Waals surface area contributed by atoms with Crippen molar-refractivity contribution in [3.05, 3.63) is 64.7 Å². The Kier molecular flexibility index (Phi) is 5.86. The summed E-state index contributed by atoms with van der Waals surface area (Å²) < 4.78 is 13.0. The van der Waals surface area contributed by atoms with Crippen molar-refractivity contribution in [3.63, 3.8) is 0 Å². The minimum absolute atomic E-state index is 0.0581. The molecule has 2 rings (SSSR count). The van der Waals surface area contributed by atoms with Gasteiger partial charge in [-0.05, 0) is 36.8 Å². The van der Waals surface area contributed by atoms with Gasteiger partial charge in [0.1, 0.15) is 5.82 Å². The molecule has 1 heterocycles. The van der Waals surface area contributed by atoms with E-state index in [1.165, 1.54) is 12.1 Å². The first-order valence-electron chi connectivity index (χ1n) is 6.84. The third kappa shape index (κ3) is 4.51. The average molecular weight is 323 g/mol. The fourth-order valence-corrected chi connectivity index (χ4v) is 2.27. The number of halogens is 2. The molecule has 0 bridgehead atoms. The SMILES string of the molecule is O=C(NCC(CO)Cc1ccccn1)c1ccc(F)cc1Cl. The maximum atomic E-state index is 13.0. The van der Waals surface area contributed by atoms with Gasteiger partial charge in [-0.2, -0.15) is 0 Å². The monoisotopic (exact) mass is 322 g/mol. The number of hydrogen-bond acceptors (Lipinski definition) is 3. The quantitative estimate of drug-likeness (QED) is 0.858. The fraction of sp³-hybridized carbons (Fsp3) is 0.250. The van der Waals surface area contributed by atoms with Crippen molar-refractivity contribution in [3.8, 4) is 0 Å². The van der Waals surface area contributed by atoms with E-state index in [0.717, 1.165) is 11.8 Å². The number of aliphatic hydroxyl groups excluding tert-OH is 1. The zero-order valence-electron chi connectivity index (χ0n) is 11.8. The lowest BCUT2D eigenvalue weighted by molar-refractivity contribution is 0.0940. The summed E-state index contributed by atoms with van der Waals surface area (Å²) in [4.78, 5) is 16.2. The lowest BCUT2D eigenvalue weighted by atomic mass is 10.0. The van der Waals surface area contributed by atoms with Crippen LogP contribution in [-0.2, 0) is 6.42 Å². The third-order valence-corrected chi connectivity index (χ3v) is 3.52. The summed E-state index contributed by atoms with van der Waals surface area (Å²) in [5.74, 6) is -1.05. The first-order chi connectivity index (χ1) is 10.6. The van der Waals surface area contributed by atoms with Gasteiger partial charge < -0.3 is 10.4 Å². The number of carbonyl (C=O) groups is 1. The predicted octanol–water partition coefficient (Wildman–Crippen LogP) is 2.46. The van der Waals surface area contributed by atoms with Crippen molar-refractivity contribution in [2.24, 2.45) is 5.92 Å². The summed E-state index contributed by atoms with van der Waals surface area (Å²) >= 11 is 5.84. The first-order valence-corrected chi connectivity index (χ1v) is 7.22. The molecule has 2 aromatic rings. The molecule has 22 heavy (non-hydrogen) atoms. The topological polar surface area (TPSA) is 62.2 Å². The fourth-order valence-electron chi connectivity index (χ4n) is 2.02. The Hall–Kier alpha value is -1.98. The second-order valence-electron chi connectivity index (χ2n) is 4.91. The van der Waals surface area contributed by atoms with Gasteiger partial charge in [-0.1, -0.05) is 17.7 Å². The van der Waals surface area contributed by atoms with E-state index in [1.807, 2.05) is 18.2 Å². The van der Waals surface area contributed by atoms with Crippen LogP contribution in [0, 0.1) is 11.7 Å². The van der Waals surface area contributed by atoms with E-state index in [4.69, 9.17) is 11.6 Å². The molecule has 0 spiro atoms. The predicted molar refractivity (Wildman–Crippen MR) is 82.3 cm³/mol. The van der Waals surface area contributed by atoms with Crippen LogP contribution in [-0.4, -0.2) is 29.1 Å². The molecule has 0 saturated heterocycles. The molecule has 0 radical (unpaired) electrons. The minimum Gasteiger partial charge on any atom is -0.396 e. The van der Waals surface area contributed by atoms with Crippen LogP contribution in [0.15, 0.2) is 42.6 Å². The normalized spacial score (nSPS) is 12.0. The van der Waals surface area contributed by atoms with E-state index in [9.17, 15) is 14.3 Å². The van der Waals surface area contributed by atoms with E-state index in [1.54, 1.807) is 6.20 Å². The van der Waals surface area contributed by atoms with Crippen molar-refractivity contribution < 1.29 is 14.3 Å². The average Bonchev–Trinajstić information content (AvgIpc) is 2.52. The zero-order chi connectivity index (χ0) is 15.9. The number of aliphatic hydroxyl groups is 1. The molecular weight excluding hydrogens is 307 g/mol. The maximum absolute atomic E-state index is 13.0. The van der Waals surface area contributed by atoms with Crippen LogP contribution >= 0.6 is 11.6 Å². The molecule has 0 aliphatic rings. The highest BCUT2D eigenvalue weighted by molar-refractivity contribution is 6.33. The van der Waals surface area contributed by atoms with Crippen LogP contribution in [0.5, 0.6) is 0 Å². The molecule has 1 unspecified atom stereocenters. The Morgan fingerprint density at radius 3 is 2.82 bits per heavy atom. The summed E-state index contributed by atoms with van der Waals surface area (Å²) in [5, 5.41) is 12.2. The molecule has 0 saturated carbocycles. The number of pyridine rings is 1. The number of nitrogens with one attached hydrogen (secondary N) is 1. The van der Waals surface area contributed by atoms with Gasteiger partial charge in [0.25, 0.3) is 5.91 Å². The molecule has 1 atom stereocenters. The lowest BCUT2D eigenvalue weighted by Gasteiger charge is -2.15. The Morgan fingerprint density at radius 1 is 1.36 bits per heavy atom. The number of hydrogen-bond donors (Lipinski definition) is 2. The Bertz CT molecular complexity index is 637. The molecular formula is C16H16ClFN2O2. The van der Waals surface area contributed by atoms with E-state index < -0.39 is 11.7 Å². The van der Waals surface area contributed by atoms with E-state index in [0.29, 0.717) is 6.42 Å². The Morgan fingerprint density at radius 2 is 2.18 bits per heavy atom. The lowest BCUT2D eigenvalue weighted by Crippen LogP contribution is -2.32. The smallest absolute Gasteiger partial charge is 0.252 e. The van der Waals surface area contributed by atoms with Crippen LogP contribution < -0.4 is 5.32 Å². The highest BCUT2D eigenvalue weighted by atomic mass is 35.5. The number of benzene rings is 1. The number of nitrogens with zero attached hydrogens (tertiary/aromatic N) is 1. The molecule has 6 heteroatoms. The summed E-state index contributed by atoms with van der Waals surface area (Å²) in [7, 11) is 0. The molecule has 1 aromatic heterocycles. The molecule has 116 valence electrons. The van der Waals surface area contributed by atoms with Crippen LogP contribution in [0.25, 0.3) is 0 Å². The van der Waals surface area contributed by atoms with Gasteiger partial charge in [-0.15, -0.1) is 0 Å². The van der Waals surface area contributed by atoms with Gasteiger partial charge in [0.2, 0.25) is 0 Å². The maximum Gasteiger partial charge on any atom is 0.252 e. The molecule has 1 amide bonds. The van der Waals surface area contributed by atoms with Gasteiger partial charge in [-0.25, -0.2) is 4.39 Å². The second kappa shape index (κ2) is 7.87. The number of carbonyl (C=O) groups excluding carboxylic acids is 1. The number of rotatable bonds is 6. The van der Waals surface area contributed by atoms with Crippen LogP contribution in [0.3, 0.4) is 0 Å². The molecule has 2 N–H and O–H groups in total. The van der Waals surface area contributed by atoms with Crippen molar-refractivity contribution in [2.75, 3.05) is 13.2 Å². The minimum atomic E-state index is -0.495. The zero-order valence-corrected chi connectivity index (χ0v) is 12.6. The highest BCUT2D eigenvalue weighted by Gasteiger charge is 2.14. The Balaban J connectivity index is 1.94. The summed E-state index contributed by atoms with van der Waals surface area (Å²) in [6.07, 6.45) is 2.23. The van der Waals surface area contributed by atoms with Gasteiger partial charge in [0.05, 0.1) is 10.6 Å². The first kappa shape index (κ1) is 16.4. The molecule has 1 aromatic carbocycles. The van der Waals surface area contributed by atoms with Gasteiger partial charge in [0.15, 0.2) is 0 Å². The summed E-state index contributed by atoms with van der Waals surface area (Å²) in [6, 6.07) is 9.15. The van der Waals surface area contributed by atoms with E-state index in [-0.39, 0.29) is 29.7 Å². The second-order valence-corrected chi connectivity index (χ2v) is 5.32. The standard InChI is InChI=1S/C16H16ClFN2O2/c17-15-8-12(18)4-5-14(15)16(22)20-9-11(10-21)7-13-3-1-2-6-19-13/h1-6,8,11,21H,7,9-10H2,(H,20,22). The number of aromatic nitrogens is 1. The highest BCUT2D eigenvalue weighted by Crippen LogP contribution is 2.17. The van der Waals surface area contributed by atoms with E-state index in [2.05, 4.69) is 10.3 Å². The van der Waals surface area contributed by atoms with Crippen LogP contribution in [0.1, 0.15) is 16.1 Å². The van der Waals surface area contributed by atoms with E-state index >= 15 is 0 Å². The molecule has 0 fully saturated rings. The van der Waals surface area contributed by atoms with Gasteiger partial charge in [0, 0.05) is 31.0 Å². The Labute approximate surface area is 133 Å². The number of amides is 1. The summed E-state index contributed by atoms with van der Waals surface area (Å²) in [5.41, 5.74) is 1.05. The molecule has 4 nitrogen and oxygen atoms in total. The van der Waals surface area contributed by atoms with Gasteiger partial charge in [-0.3, -0.25) is 9.78 Å². The van der Waals surface area contributed by atoms with Crippen molar-refractivity contribution >= 4 is 17.5 Å². The largest absolute Gasteiger partial charge is 0.396 e. The summed E-state index contributed by atoms with van der Waals surface area (Å²) in [6.45, 7) is 0.202. The van der Waals surface area contributed by atoms with Crippen molar-refractivity contribution in [1.29, 1.82) is 0 Å². The molecule has 0 aliphatic carbocycles. The third-order valence-electron chi connectivity index (χ3n) is 3.21. The van der Waals surface area contributed by atoms with Crippen molar-refractivity contribution in [2.45, 2.75) is 6.42 Å².